The third-order valence-electron chi connectivity index (χ3n) is 7.08. The molecule has 0 spiro atoms. The first-order valence-electron chi connectivity index (χ1n) is 12.4. The summed E-state index contributed by atoms with van der Waals surface area (Å²) in [6.07, 6.45) is -1.85. The van der Waals surface area contributed by atoms with Crippen molar-refractivity contribution in [1.29, 1.82) is 0 Å². The summed E-state index contributed by atoms with van der Waals surface area (Å²) < 4.78 is 55.8. The van der Waals surface area contributed by atoms with Gasteiger partial charge in [-0.3, -0.25) is 4.79 Å². The minimum absolute atomic E-state index is 0.0117. The zero-order chi connectivity index (χ0) is 26.6. The van der Waals surface area contributed by atoms with Gasteiger partial charge in [0.15, 0.2) is 0 Å². The summed E-state index contributed by atoms with van der Waals surface area (Å²) in [5.74, 6) is -0.234. The highest BCUT2D eigenvalue weighted by Crippen LogP contribution is 2.30. The Bertz CT molecular complexity index is 1090. The third kappa shape index (κ3) is 6.58. The van der Waals surface area contributed by atoms with Crippen LogP contribution in [0.25, 0.3) is 0 Å². The molecule has 1 aromatic carbocycles. The molecule has 1 aromatic heterocycles. The Morgan fingerprint density at radius 2 is 1.95 bits per heavy atom. The van der Waals surface area contributed by atoms with Crippen LogP contribution in [0, 0.1) is 6.92 Å². The Morgan fingerprint density at radius 1 is 1.19 bits per heavy atom. The van der Waals surface area contributed by atoms with E-state index in [9.17, 15) is 18.0 Å². The first kappa shape index (κ1) is 27.3. The maximum Gasteiger partial charge on any atom is 0.416 e. The summed E-state index contributed by atoms with van der Waals surface area (Å²) in [6, 6.07) is 5.60. The van der Waals surface area contributed by atoms with Crippen molar-refractivity contribution in [2.45, 2.75) is 57.0 Å². The first-order chi connectivity index (χ1) is 17.7. The second kappa shape index (κ2) is 11.7. The van der Waals surface area contributed by atoms with Crippen LogP contribution in [0.5, 0.6) is 6.01 Å². The van der Waals surface area contributed by atoms with E-state index in [-0.39, 0.29) is 42.2 Å². The largest absolute Gasteiger partial charge is 0.467 e. The number of alkyl halides is 3. The molecule has 202 valence electrons. The summed E-state index contributed by atoms with van der Waals surface area (Å²) in [7, 11) is 3.09. The van der Waals surface area contributed by atoms with Crippen LogP contribution in [-0.2, 0) is 22.1 Å². The summed E-state index contributed by atoms with van der Waals surface area (Å²) >= 11 is 0. The summed E-state index contributed by atoms with van der Waals surface area (Å²) in [6.45, 7) is 4.12. The number of rotatable bonds is 7. The van der Waals surface area contributed by atoms with E-state index in [4.69, 9.17) is 14.2 Å². The van der Waals surface area contributed by atoms with Crippen LogP contribution in [-0.4, -0.2) is 79.5 Å². The molecule has 0 bridgehead atoms. The zero-order valence-corrected chi connectivity index (χ0v) is 21.3. The summed E-state index contributed by atoms with van der Waals surface area (Å²) in [4.78, 5) is 23.9. The van der Waals surface area contributed by atoms with Gasteiger partial charge in [-0.25, -0.2) is 0 Å². The van der Waals surface area contributed by atoms with Crippen LogP contribution in [0.15, 0.2) is 24.3 Å². The molecule has 2 atom stereocenters. The number of carbonyl (C=O) groups excluding carboxylic acids is 1. The van der Waals surface area contributed by atoms with Crippen molar-refractivity contribution < 1.29 is 32.2 Å². The fraction of sp³-hybridized carbons (Fsp3) is 0.577. The molecule has 2 fully saturated rings. The predicted molar refractivity (Wildman–Crippen MR) is 130 cm³/mol. The Kier molecular flexibility index (Phi) is 8.66. The van der Waals surface area contributed by atoms with E-state index in [1.807, 2.05) is 0 Å². The number of nitrogens with one attached hydrogen (secondary N) is 1. The molecule has 0 unspecified atom stereocenters. The van der Waals surface area contributed by atoms with Crippen LogP contribution in [0.2, 0.25) is 0 Å². The van der Waals surface area contributed by atoms with E-state index in [0.29, 0.717) is 43.1 Å². The fourth-order valence-electron chi connectivity index (χ4n) is 4.90. The lowest BCUT2D eigenvalue weighted by Crippen LogP contribution is -2.54. The molecule has 1 N–H and O–H groups in total. The number of nitrogens with zero attached hydrogens (tertiary/aromatic N) is 3. The van der Waals surface area contributed by atoms with Gasteiger partial charge < -0.3 is 24.4 Å². The number of hydrogen-bond donors (Lipinski definition) is 1. The number of halogens is 3. The molecule has 2 saturated heterocycles. The normalized spacial score (nSPS) is 21.2. The Hall–Kier alpha value is -2.76. The van der Waals surface area contributed by atoms with Gasteiger partial charge in [-0.2, -0.15) is 23.1 Å². The lowest BCUT2D eigenvalue weighted by Gasteiger charge is -2.38. The number of carbonyl (C=O) groups is 1. The third-order valence-corrected chi connectivity index (χ3v) is 7.08. The lowest BCUT2D eigenvalue weighted by atomic mass is 9.99. The van der Waals surface area contributed by atoms with E-state index in [1.165, 1.54) is 13.2 Å². The highest BCUT2D eigenvalue weighted by atomic mass is 19.4. The number of ether oxygens (including phenoxy) is 3. The first-order valence-corrected chi connectivity index (χ1v) is 12.4. The molecule has 37 heavy (non-hydrogen) atoms. The predicted octanol–water partition coefficient (Wildman–Crippen LogP) is 3.40. The SMILES string of the molecule is COc1nc(Cc2cccc(C(F)(F)F)c2)c(C)c(C(=O)N2CCC(N[C@H]3CCOC[C@H]3OC)CC2)n1. The minimum atomic E-state index is -4.44. The molecule has 2 aliphatic heterocycles. The zero-order valence-electron chi connectivity index (χ0n) is 21.3. The Balaban J connectivity index is 1.45. The molecule has 0 saturated carbocycles. The van der Waals surface area contributed by atoms with Gasteiger partial charge >= 0.3 is 12.2 Å². The maximum atomic E-state index is 13.4. The molecule has 0 aliphatic carbocycles. The average molecular weight is 523 g/mol. The monoisotopic (exact) mass is 522 g/mol. The Morgan fingerprint density at radius 3 is 2.62 bits per heavy atom. The quantitative estimate of drug-likeness (QED) is 0.597. The number of benzene rings is 1. The van der Waals surface area contributed by atoms with Crippen molar-refractivity contribution in [3.05, 3.63) is 52.3 Å². The molecule has 8 nitrogen and oxygen atoms in total. The highest BCUT2D eigenvalue weighted by Gasteiger charge is 2.32. The minimum Gasteiger partial charge on any atom is -0.467 e. The van der Waals surface area contributed by atoms with Crippen molar-refractivity contribution in [3.63, 3.8) is 0 Å². The molecule has 11 heteroatoms. The lowest BCUT2D eigenvalue weighted by molar-refractivity contribution is -0.137. The topological polar surface area (TPSA) is 85.8 Å². The van der Waals surface area contributed by atoms with Crippen molar-refractivity contribution in [2.24, 2.45) is 0 Å². The van der Waals surface area contributed by atoms with Crippen molar-refractivity contribution in [3.8, 4) is 6.01 Å². The smallest absolute Gasteiger partial charge is 0.416 e. The molecule has 4 rings (SSSR count). The van der Waals surface area contributed by atoms with E-state index in [1.54, 1.807) is 25.0 Å². The summed E-state index contributed by atoms with van der Waals surface area (Å²) in [5.41, 5.74) is 0.911. The second-order valence-corrected chi connectivity index (χ2v) is 9.48. The van der Waals surface area contributed by atoms with Gasteiger partial charge in [0.25, 0.3) is 5.91 Å². The molecule has 2 aromatic rings. The average Bonchev–Trinajstić information content (AvgIpc) is 2.90. The number of methoxy groups -OCH3 is 2. The van der Waals surface area contributed by atoms with Crippen LogP contribution in [0.3, 0.4) is 0 Å². The van der Waals surface area contributed by atoms with Gasteiger partial charge in [-0.05, 0) is 37.8 Å². The maximum absolute atomic E-state index is 13.4. The van der Waals surface area contributed by atoms with Gasteiger partial charge in [-0.15, -0.1) is 0 Å². The molecular formula is C26H33F3N4O4. The second-order valence-electron chi connectivity index (χ2n) is 9.48. The van der Waals surface area contributed by atoms with E-state index in [0.717, 1.165) is 31.4 Å². The van der Waals surface area contributed by atoms with Gasteiger partial charge in [0.05, 0.1) is 31.1 Å². The highest BCUT2D eigenvalue weighted by molar-refractivity contribution is 5.94. The van der Waals surface area contributed by atoms with Crippen LogP contribution in [0.4, 0.5) is 13.2 Å². The van der Waals surface area contributed by atoms with Gasteiger partial charge in [0, 0.05) is 50.9 Å². The number of piperidine rings is 1. The van der Waals surface area contributed by atoms with E-state index in [2.05, 4.69) is 15.3 Å². The molecule has 3 heterocycles. The fourth-order valence-corrected chi connectivity index (χ4v) is 4.90. The number of aromatic nitrogens is 2. The molecule has 0 radical (unpaired) electrons. The van der Waals surface area contributed by atoms with E-state index >= 15 is 0 Å². The number of likely N-dealkylation sites (tertiary alicyclic amines) is 1. The van der Waals surface area contributed by atoms with Crippen LogP contribution < -0.4 is 10.1 Å². The van der Waals surface area contributed by atoms with Crippen molar-refractivity contribution in [2.75, 3.05) is 40.5 Å². The number of amides is 1. The standard InChI is InChI=1S/C26H33F3N4O4/c1-16-21(14-17-5-4-6-18(13-17)26(27,28)29)31-25(36-3)32-23(16)24(34)33-10-7-19(8-11-33)30-20-9-12-37-15-22(20)35-2/h4-6,13,19-20,22,30H,7-12,14-15H2,1-3H3/t20-,22+/m0/s1. The molecule has 2 aliphatic rings. The molecule has 1 amide bonds. The van der Waals surface area contributed by atoms with Gasteiger partial charge in [-0.1, -0.05) is 18.2 Å². The van der Waals surface area contributed by atoms with Gasteiger partial charge in [0.2, 0.25) is 0 Å². The number of hydrogen-bond acceptors (Lipinski definition) is 7. The van der Waals surface area contributed by atoms with Crippen LogP contribution >= 0.6 is 0 Å². The Labute approximate surface area is 214 Å². The van der Waals surface area contributed by atoms with Crippen LogP contribution in [0.1, 0.15) is 52.1 Å². The summed E-state index contributed by atoms with van der Waals surface area (Å²) in [5, 5.41) is 3.67. The van der Waals surface area contributed by atoms with E-state index < -0.39 is 11.7 Å². The van der Waals surface area contributed by atoms with Crippen molar-refractivity contribution >= 4 is 5.91 Å². The van der Waals surface area contributed by atoms with Gasteiger partial charge in [0.1, 0.15) is 5.69 Å². The molecular weight excluding hydrogens is 489 g/mol. The van der Waals surface area contributed by atoms with Crippen molar-refractivity contribution in [1.82, 2.24) is 20.2 Å².